The van der Waals surface area contributed by atoms with E-state index in [0.29, 0.717) is 32.1 Å². The van der Waals surface area contributed by atoms with E-state index in [-0.39, 0.29) is 23.4 Å². The molecule has 0 saturated heterocycles. The van der Waals surface area contributed by atoms with Crippen molar-refractivity contribution in [2.75, 3.05) is 7.11 Å². The smallest absolute Gasteiger partial charge is 0.377 e. The highest BCUT2D eigenvalue weighted by Crippen LogP contribution is 2.44. The highest BCUT2D eigenvalue weighted by molar-refractivity contribution is 5.87. The van der Waals surface area contributed by atoms with Crippen LogP contribution >= 0.6 is 0 Å². The number of aromatic nitrogens is 2. The Morgan fingerprint density at radius 3 is 2.38 bits per heavy atom. The molecule has 0 spiro atoms. The van der Waals surface area contributed by atoms with Gasteiger partial charge in [-0.2, -0.15) is 13.2 Å². The van der Waals surface area contributed by atoms with Crippen LogP contribution in [0, 0.1) is 24.7 Å². The van der Waals surface area contributed by atoms with Crippen molar-refractivity contribution < 1.29 is 27.5 Å². The fraction of sp³-hybridized carbons (Fsp3) is 0.516. The number of nitrogens with zero attached hydrogens (tertiary/aromatic N) is 2. The number of pyridine rings is 1. The average Bonchev–Trinajstić information content (AvgIpc) is 3.54. The molecule has 39 heavy (non-hydrogen) atoms. The SMILES string of the molecule is CCC(=O)C1CC[C@@H](C(=O)C(C)[C@@H](c2ccc(Cc3ccn4cc(C)nc4c3[C@H](C)OC)cc2)C(F)(F)F)C1. The third kappa shape index (κ3) is 6.11. The standard InChI is InChI=1S/C31H37F3N2O3/c1-6-26(37)23-11-12-25(16-23)29(38)19(3)28(31(32,33)34)22-9-7-21(8-10-22)15-24-13-14-36-17-18(2)35-30(36)27(24)20(4)39-5/h7-10,13-14,17,19-20,23,25,28H,6,11-12,15-16H2,1-5H3/t19?,20-,23?,25+,28-/m0/s1. The van der Waals surface area contributed by atoms with Gasteiger partial charge in [-0.15, -0.1) is 0 Å². The Kier molecular flexibility index (Phi) is 8.64. The van der Waals surface area contributed by atoms with Gasteiger partial charge in [0.25, 0.3) is 0 Å². The minimum Gasteiger partial charge on any atom is -0.377 e. The Morgan fingerprint density at radius 2 is 1.77 bits per heavy atom. The maximum atomic E-state index is 14.3. The molecule has 1 aliphatic carbocycles. The van der Waals surface area contributed by atoms with Crippen LogP contribution < -0.4 is 0 Å². The van der Waals surface area contributed by atoms with E-state index in [0.717, 1.165) is 28.0 Å². The first kappa shape index (κ1) is 29.0. The van der Waals surface area contributed by atoms with Crippen molar-refractivity contribution in [2.24, 2.45) is 17.8 Å². The van der Waals surface area contributed by atoms with Crippen LogP contribution in [0.25, 0.3) is 5.65 Å². The Bertz CT molecular complexity index is 1330. The summed E-state index contributed by atoms with van der Waals surface area (Å²) < 4.78 is 50.5. The number of Topliss-reactive ketones (excluding diaryl/α,β-unsaturated/α-hetero) is 2. The molecule has 8 heteroatoms. The molecule has 210 valence electrons. The predicted octanol–water partition coefficient (Wildman–Crippen LogP) is 7.19. The molecule has 0 N–H and O–H groups in total. The molecule has 0 radical (unpaired) electrons. The number of imidazole rings is 1. The first-order valence-electron chi connectivity index (χ1n) is 13.7. The fourth-order valence-electron chi connectivity index (χ4n) is 6.13. The summed E-state index contributed by atoms with van der Waals surface area (Å²) in [6.45, 7) is 7.02. The van der Waals surface area contributed by atoms with E-state index in [2.05, 4.69) is 4.98 Å². The number of hydrogen-bond donors (Lipinski definition) is 0. The number of aryl methyl sites for hydroxylation is 1. The van der Waals surface area contributed by atoms with Crippen LogP contribution in [0.3, 0.4) is 0 Å². The van der Waals surface area contributed by atoms with E-state index >= 15 is 0 Å². The third-order valence-corrected chi connectivity index (χ3v) is 8.31. The maximum Gasteiger partial charge on any atom is 0.396 e. The maximum absolute atomic E-state index is 14.3. The monoisotopic (exact) mass is 542 g/mol. The molecule has 0 bridgehead atoms. The second-order valence-electron chi connectivity index (χ2n) is 10.9. The van der Waals surface area contributed by atoms with Crippen molar-refractivity contribution in [1.29, 1.82) is 0 Å². The quantitative estimate of drug-likeness (QED) is 0.272. The highest BCUT2D eigenvalue weighted by Gasteiger charge is 2.48. The Balaban J connectivity index is 1.57. The average molecular weight is 543 g/mol. The molecule has 2 unspecified atom stereocenters. The predicted molar refractivity (Wildman–Crippen MR) is 144 cm³/mol. The Hall–Kier alpha value is -3.00. The van der Waals surface area contributed by atoms with Gasteiger partial charge in [-0.3, -0.25) is 9.59 Å². The number of ether oxygens (including phenoxy) is 1. The Morgan fingerprint density at radius 1 is 1.10 bits per heavy atom. The fourth-order valence-corrected chi connectivity index (χ4v) is 6.13. The lowest BCUT2D eigenvalue weighted by molar-refractivity contribution is -0.167. The summed E-state index contributed by atoms with van der Waals surface area (Å²) in [6, 6.07) is 8.39. The van der Waals surface area contributed by atoms with Gasteiger partial charge in [0.1, 0.15) is 17.2 Å². The van der Waals surface area contributed by atoms with Gasteiger partial charge >= 0.3 is 6.18 Å². The van der Waals surface area contributed by atoms with Crippen LogP contribution in [-0.4, -0.2) is 34.2 Å². The molecule has 3 aromatic rings. The summed E-state index contributed by atoms with van der Waals surface area (Å²) in [7, 11) is 1.63. The number of carbonyl (C=O) groups is 2. The molecule has 2 heterocycles. The lowest BCUT2D eigenvalue weighted by atomic mass is 9.79. The molecule has 4 rings (SSSR count). The first-order valence-corrected chi connectivity index (χ1v) is 13.7. The van der Waals surface area contributed by atoms with Crippen molar-refractivity contribution in [3.05, 3.63) is 70.7 Å². The molecule has 1 saturated carbocycles. The van der Waals surface area contributed by atoms with Crippen LogP contribution in [-0.2, 0) is 20.7 Å². The molecule has 0 amide bonds. The first-order chi connectivity index (χ1) is 18.4. The van der Waals surface area contributed by atoms with Crippen molar-refractivity contribution >= 4 is 17.2 Å². The van der Waals surface area contributed by atoms with Crippen LogP contribution in [0.15, 0.2) is 42.7 Å². The van der Waals surface area contributed by atoms with Crippen molar-refractivity contribution in [3.63, 3.8) is 0 Å². The minimum atomic E-state index is -4.57. The zero-order valence-electron chi connectivity index (χ0n) is 23.2. The summed E-state index contributed by atoms with van der Waals surface area (Å²) in [4.78, 5) is 29.9. The second kappa shape index (κ2) is 11.6. The molecule has 1 fully saturated rings. The normalized spacial score (nSPS) is 20.2. The van der Waals surface area contributed by atoms with Crippen molar-refractivity contribution in [1.82, 2.24) is 9.38 Å². The highest BCUT2D eigenvalue weighted by atomic mass is 19.4. The summed E-state index contributed by atoms with van der Waals surface area (Å²) in [5.41, 5.74) is 4.55. The van der Waals surface area contributed by atoms with Gasteiger partial charge in [-0.25, -0.2) is 4.98 Å². The van der Waals surface area contributed by atoms with Gasteiger partial charge in [0, 0.05) is 49.2 Å². The van der Waals surface area contributed by atoms with Crippen LogP contribution in [0.2, 0.25) is 0 Å². The summed E-state index contributed by atoms with van der Waals surface area (Å²) in [5, 5.41) is 0. The topological polar surface area (TPSA) is 60.7 Å². The third-order valence-electron chi connectivity index (χ3n) is 8.31. The van der Waals surface area contributed by atoms with Gasteiger partial charge in [0.15, 0.2) is 0 Å². The van der Waals surface area contributed by atoms with Gasteiger partial charge in [0.2, 0.25) is 0 Å². The van der Waals surface area contributed by atoms with Crippen LogP contribution in [0.1, 0.15) is 86.4 Å². The summed E-state index contributed by atoms with van der Waals surface area (Å²) in [6.07, 6.45) is 1.40. The summed E-state index contributed by atoms with van der Waals surface area (Å²) >= 11 is 0. The number of halogens is 3. The van der Waals surface area contributed by atoms with Crippen LogP contribution in [0.4, 0.5) is 13.2 Å². The zero-order chi connectivity index (χ0) is 28.5. The summed E-state index contributed by atoms with van der Waals surface area (Å²) in [5.74, 6) is -4.13. The number of hydrogen-bond acceptors (Lipinski definition) is 4. The largest absolute Gasteiger partial charge is 0.396 e. The second-order valence-corrected chi connectivity index (χ2v) is 10.9. The van der Waals surface area contributed by atoms with E-state index in [1.165, 1.54) is 19.1 Å². The van der Waals surface area contributed by atoms with Crippen molar-refractivity contribution in [3.8, 4) is 0 Å². The molecular formula is C31H37F3N2O3. The van der Waals surface area contributed by atoms with Gasteiger partial charge < -0.3 is 9.14 Å². The van der Waals surface area contributed by atoms with E-state index in [9.17, 15) is 22.8 Å². The molecule has 5 nitrogen and oxygen atoms in total. The number of rotatable bonds is 10. The number of benzene rings is 1. The molecule has 1 aliphatic rings. The molecule has 0 aliphatic heterocycles. The van der Waals surface area contributed by atoms with E-state index < -0.39 is 29.7 Å². The van der Waals surface area contributed by atoms with E-state index in [1.807, 2.05) is 36.7 Å². The Labute approximate surface area is 227 Å². The van der Waals surface area contributed by atoms with Gasteiger partial charge in [0.05, 0.1) is 17.7 Å². The minimum absolute atomic E-state index is 0.0797. The molecule has 5 atom stereocenters. The molecule has 2 aromatic heterocycles. The van der Waals surface area contributed by atoms with Crippen LogP contribution in [0.5, 0.6) is 0 Å². The number of methoxy groups -OCH3 is 1. The zero-order valence-corrected chi connectivity index (χ0v) is 23.2. The number of carbonyl (C=O) groups excluding carboxylic acids is 2. The molecular weight excluding hydrogens is 505 g/mol. The van der Waals surface area contributed by atoms with E-state index in [1.54, 1.807) is 26.2 Å². The number of fused-ring (bicyclic) bond motifs is 1. The number of ketones is 2. The number of alkyl halides is 3. The van der Waals surface area contributed by atoms with Gasteiger partial charge in [-0.05, 0) is 62.3 Å². The van der Waals surface area contributed by atoms with Gasteiger partial charge in [-0.1, -0.05) is 38.1 Å². The lowest BCUT2D eigenvalue weighted by Gasteiger charge is -2.28. The van der Waals surface area contributed by atoms with E-state index in [4.69, 9.17) is 4.74 Å². The van der Waals surface area contributed by atoms with Crippen molar-refractivity contribution in [2.45, 2.75) is 78.0 Å². The lowest BCUT2D eigenvalue weighted by Crippen LogP contribution is -2.34. The molecule has 1 aromatic carbocycles.